The summed E-state index contributed by atoms with van der Waals surface area (Å²) in [7, 11) is -1.84. The number of aromatic nitrogens is 1. The molecule has 1 saturated heterocycles. The van der Waals surface area contributed by atoms with Crippen LogP contribution in [0.3, 0.4) is 0 Å². The van der Waals surface area contributed by atoms with Gasteiger partial charge in [0.05, 0.1) is 18.0 Å². The second-order valence-electron chi connectivity index (χ2n) is 8.66. The summed E-state index contributed by atoms with van der Waals surface area (Å²) in [6.45, 7) is 5.42. The highest BCUT2D eigenvalue weighted by Crippen LogP contribution is 2.27. The first kappa shape index (κ1) is 25.1. The van der Waals surface area contributed by atoms with Gasteiger partial charge in [0.2, 0.25) is 10.0 Å². The summed E-state index contributed by atoms with van der Waals surface area (Å²) in [4.78, 5) is 19.9. The van der Waals surface area contributed by atoms with E-state index in [1.807, 2.05) is 19.1 Å². The largest absolute Gasteiger partial charge is 0.381 e. The number of halogens is 1. The molecule has 1 aliphatic heterocycles. The summed E-state index contributed by atoms with van der Waals surface area (Å²) in [5.41, 5.74) is 2.34. The van der Waals surface area contributed by atoms with Gasteiger partial charge in [-0.05, 0) is 55.5 Å². The molecule has 1 fully saturated rings. The smallest absolute Gasteiger partial charge is 0.229 e. The lowest BCUT2D eigenvalue weighted by molar-refractivity contribution is -0.120. The van der Waals surface area contributed by atoms with Gasteiger partial charge in [-0.3, -0.25) is 9.52 Å². The van der Waals surface area contributed by atoms with Gasteiger partial charge in [-0.1, -0.05) is 19.1 Å². The normalized spacial score (nSPS) is 16.0. The third-order valence-corrected chi connectivity index (χ3v) is 6.67. The van der Waals surface area contributed by atoms with Crippen LogP contribution in [-0.2, 0) is 26.0 Å². The summed E-state index contributed by atoms with van der Waals surface area (Å²) < 4.78 is 44.6. The number of carbonyl (C=O) groups excluding carboxylic acids is 1. The van der Waals surface area contributed by atoms with E-state index in [1.165, 1.54) is 12.1 Å². The van der Waals surface area contributed by atoms with E-state index < -0.39 is 21.8 Å². The number of benzene rings is 1. The molecule has 1 atom stereocenters. The predicted molar refractivity (Wildman–Crippen MR) is 128 cm³/mol. The fourth-order valence-corrected chi connectivity index (χ4v) is 4.65. The van der Waals surface area contributed by atoms with Crippen LogP contribution in [0.5, 0.6) is 0 Å². The molecule has 180 valence electrons. The van der Waals surface area contributed by atoms with Crippen molar-refractivity contribution in [3.05, 3.63) is 53.0 Å². The van der Waals surface area contributed by atoms with Crippen LogP contribution in [0.15, 0.2) is 30.3 Å². The van der Waals surface area contributed by atoms with Crippen LogP contribution >= 0.6 is 0 Å². The van der Waals surface area contributed by atoms with Gasteiger partial charge in [0.25, 0.3) is 0 Å². The molecule has 2 aromatic rings. The molecule has 1 aromatic carbocycles. The highest BCUT2D eigenvalue weighted by molar-refractivity contribution is 7.92. The van der Waals surface area contributed by atoms with Crippen molar-refractivity contribution in [2.75, 3.05) is 36.1 Å². The standard InChI is InChI=1S/C24H32FN3O4S/c1-16-5-6-18(24(26-16)28-13-11-20(32-3)12-14-28)8-10-23(29)17(2)19-7-9-22(21(25)15-19)27-33(4,30)31/h5-7,9,15,17,20,27H,8,10-14H2,1-4H3. The van der Waals surface area contributed by atoms with Crippen molar-refractivity contribution in [2.24, 2.45) is 0 Å². The molecule has 0 radical (unpaired) electrons. The van der Waals surface area contributed by atoms with Crippen LogP contribution in [0.4, 0.5) is 15.9 Å². The minimum Gasteiger partial charge on any atom is -0.381 e. The zero-order valence-corrected chi connectivity index (χ0v) is 20.4. The molecule has 33 heavy (non-hydrogen) atoms. The van der Waals surface area contributed by atoms with Crippen LogP contribution in [0.2, 0.25) is 0 Å². The molecule has 0 amide bonds. The number of methoxy groups -OCH3 is 1. The van der Waals surface area contributed by atoms with E-state index >= 15 is 0 Å². The predicted octanol–water partition coefficient (Wildman–Crippen LogP) is 3.82. The maximum Gasteiger partial charge on any atom is 0.229 e. The van der Waals surface area contributed by atoms with Crippen molar-refractivity contribution >= 4 is 27.3 Å². The molecule has 1 aromatic heterocycles. The zero-order valence-electron chi connectivity index (χ0n) is 19.6. The molecule has 0 aliphatic carbocycles. The second-order valence-corrected chi connectivity index (χ2v) is 10.4. The molecular weight excluding hydrogens is 445 g/mol. The third-order valence-electron chi connectivity index (χ3n) is 6.08. The molecule has 7 nitrogen and oxygen atoms in total. The van der Waals surface area contributed by atoms with Crippen LogP contribution in [-0.4, -0.2) is 51.7 Å². The molecule has 1 unspecified atom stereocenters. The number of Topliss-reactive ketones (excluding diaryl/α,β-unsaturated/α-hetero) is 1. The number of pyridine rings is 1. The summed E-state index contributed by atoms with van der Waals surface area (Å²) >= 11 is 0. The lowest BCUT2D eigenvalue weighted by atomic mass is 9.92. The Balaban J connectivity index is 1.68. The van der Waals surface area contributed by atoms with Gasteiger partial charge in [-0.25, -0.2) is 17.8 Å². The van der Waals surface area contributed by atoms with E-state index in [4.69, 9.17) is 9.72 Å². The molecule has 0 bridgehead atoms. The Morgan fingerprint density at radius 2 is 1.97 bits per heavy atom. The quantitative estimate of drug-likeness (QED) is 0.591. The number of rotatable bonds is 9. The summed E-state index contributed by atoms with van der Waals surface area (Å²) in [5.74, 6) is -0.303. The lowest BCUT2D eigenvalue weighted by Gasteiger charge is -2.33. The Hall–Kier alpha value is -2.52. The van der Waals surface area contributed by atoms with Crippen LogP contribution in [0.25, 0.3) is 0 Å². The number of sulfonamides is 1. The molecule has 3 rings (SSSR count). The van der Waals surface area contributed by atoms with Gasteiger partial charge in [-0.2, -0.15) is 0 Å². The highest BCUT2D eigenvalue weighted by Gasteiger charge is 2.23. The van der Waals surface area contributed by atoms with E-state index in [2.05, 4.69) is 9.62 Å². The van der Waals surface area contributed by atoms with Crippen molar-refractivity contribution in [3.8, 4) is 0 Å². The fraction of sp³-hybridized carbons (Fsp3) is 0.500. The molecular formula is C24H32FN3O4S. The SMILES string of the molecule is COC1CCN(c2nc(C)ccc2CCC(=O)C(C)c2ccc(NS(C)(=O)=O)c(F)c2)CC1. The highest BCUT2D eigenvalue weighted by atomic mass is 32.2. The Morgan fingerprint density at radius 1 is 1.27 bits per heavy atom. The van der Waals surface area contributed by atoms with Gasteiger partial charge in [0.1, 0.15) is 17.4 Å². The van der Waals surface area contributed by atoms with E-state index in [1.54, 1.807) is 20.1 Å². The topological polar surface area (TPSA) is 88.6 Å². The van der Waals surface area contributed by atoms with Gasteiger partial charge < -0.3 is 9.64 Å². The van der Waals surface area contributed by atoms with Crippen LogP contribution < -0.4 is 9.62 Å². The third kappa shape index (κ3) is 6.74. The van der Waals surface area contributed by atoms with Crippen LogP contribution in [0.1, 0.15) is 48.9 Å². The van der Waals surface area contributed by atoms with Crippen molar-refractivity contribution in [3.63, 3.8) is 0 Å². The zero-order chi connectivity index (χ0) is 24.2. The average Bonchev–Trinajstić information content (AvgIpc) is 2.78. The van der Waals surface area contributed by atoms with E-state index in [9.17, 15) is 17.6 Å². The number of ether oxygens (including phenoxy) is 1. The molecule has 1 N–H and O–H groups in total. The van der Waals surface area contributed by atoms with Gasteiger partial charge in [-0.15, -0.1) is 0 Å². The summed E-state index contributed by atoms with van der Waals surface area (Å²) in [5, 5.41) is 0. The Labute approximate surface area is 195 Å². The Bertz CT molecular complexity index is 1100. The van der Waals surface area contributed by atoms with Crippen molar-refractivity contribution in [2.45, 2.75) is 51.6 Å². The van der Waals surface area contributed by atoms with Gasteiger partial charge >= 0.3 is 0 Å². The number of carbonyl (C=O) groups is 1. The number of nitrogens with zero attached hydrogens (tertiary/aromatic N) is 2. The molecule has 2 heterocycles. The number of aryl methyl sites for hydroxylation is 2. The summed E-state index contributed by atoms with van der Waals surface area (Å²) in [6, 6.07) is 8.13. The first-order valence-corrected chi connectivity index (χ1v) is 13.0. The van der Waals surface area contributed by atoms with Crippen molar-refractivity contribution < 1.29 is 22.3 Å². The minimum absolute atomic E-state index is 0.0113. The van der Waals surface area contributed by atoms with E-state index in [-0.39, 0.29) is 17.6 Å². The number of hydrogen-bond donors (Lipinski definition) is 1. The number of nitrogens with one attached hydrogen (secondary N) is 1. The number of hydrogen-bond acceptors (Lipinski definition) is 6. The minimum atomic E-state index is -3.58. The van der Waals surface area contributed by atoms with Crippen molar-refractivity contribution in [1.29, 1.82) is 0 Å². The first-order valence-electron chi connectivity index (χ1n) is 11.1. The van der Waals surface area contributed by atoms with Crippen LogP contribution in [0, 0.1) is 12.7 Å². The van der Waals surface area contributed by atoms with Crippen molar-refractivity contribution in [1.82, 2.24) is 4.98 Å². The summed E-state index contributed by atoms with van der Waals surface area (Å²) in [6.07, 6.45) is 3.97. The number of ketones is 1. The number of anilines is 2. The fourth-order valence-electron chi connectivity index (χ4n) is 4.09. The maximum atomic E-state index is 14.3. The lowest BCUT2D eigenvalue weighted by Crippen LogP contribution is -2.37. The molecule has 0 spiro atoms. The monoisotopic (exact) mass is 477 g/mol. The Kier molecular flexibility index (Phi) is 8.07. The average molecular weight is 478 g/mol. The molecule has 1 aliphatic rings. The number of piperidine rings is 1. The second kappa shape index (κ2) is 10.6. The maximum absolute atomic E-state index is 14.3. The van der Waals surface area contributed by atoms with Gasteiger partial charge in [0.15, 0.2) is 0 Å². The molecule has 0 saturated carbocycles. The van der Waals surface area contributed by atoms with E-state index in [0.29, 0.717) is 18.4 Å². The van der Waals surface area contributed by atoms with Gasteiger partial charge in [0, 0.05) is 38.2 Å². The first-order chi connectivity index (χ1) is 15.6. The Morgan fingerprint density at radius 3 is 2.58 bits per heavy atom. The van der Waals surface area contributed by atoms with E-state index in [0.717, 1.165) is 49.3 Å². The molecule has 9 heteroatoms.